The Balaban J connectivity index is 2.11. The van der Waals surface area contributed by atoms with Crippen molar-refractivity contribution >= 4 is 11.6 Å². The molecule has 1 saturated heterocycles. The Kier molecular flexibility index (Phi) is 3.89. The molecule has 0 amide bonds. The van der Waals surface area contributed by atoms with E-state index in [0.29, 0.717) is 24.1 Å². The van der Waals surface area contributed by atoms with Gasteiger partial charge in [-0.05, 0) is 13.0 Å². The van der Waals surface area contributed by atoms with Gasteiger partial charge in [0.1, 0.15) is 17.0 Å². The zero-order valence-corrected chi connectivity index (χ0v) is 10.4. The fraction of sp³-hybridized carbons (Fsp3) is 0.545. The Labute approximate surface area is 105 Å². The minimum atomic E-state index is -0.119. The van der Waals surface area contributed by atoms with Crippen LogP contribution in [0.15, 0.2) is 6.07 Å². The van der Waals surface area contributed by atoms with Crippen LogP contribution in [-0.4, -0.2) is 40.5 Å². The third-order valence-corrected chi connectivity index (χ3v) is 2.91. The molecular weight excluding hydrogens is 238 g/mol. The first-order chi connectivity index (χ1) is 8.19. The molecule has 1 aromatic heterocycles. The number of nitrogens with one attached hydrogen (secondary N) is 1. The fourth-order valence-corrected chi connectivity index (χ4v) is 2.16. The van der Waals surface area contributed by atoms with Crippen molar-refractivity contribution in [1.29, 1.82) is 5.26 Å². The molecule has 1 aliphatic heterocycles. The summed E-state index contributed by atoms with van der Waals surface area (Å²) in [5.74, 6) is 0.678. The van der Waals surface area contributed by atoms with Gasteiger partial charge in [-0.25, -0.2) is 9.97 Å². The normalized spacial score (nSPS) is 21.1. The molecule has 0 bridgehead atoms. The summed E-state index contributed by atoms with van der Waals surface area (Å²) in [4.78, 5) is 10.6. The molecule has 1 atom stereocenters. The fourth-order valence-electron chi connectivity index (χ4n) is 1.90. The average Bonchev–Trinajstić information content (AvgIpc) is 2.28. The van der Waals surface area contributed by atoms with Crippen LogP contribution in [0.3, 0.4) is 0 Å². The number of piperazine rings is 1. The minimum absolute atomic E-state index is 0.119. The quantitative estimate of drug-likeness (QED) is 0.786. The van der Waals surface area contributed by atoms with E-state index < -0.39 is 0 Å². The number of hydrogen-bond acceptors (Lipinski definition) is 5. The number of aromatic nitrogens is 2. The molecule has 1 aliphatic rings. The highest BCUT2D eigenvalue weighted by Crippen LogP contribution is 2.11. The second kappa shape index (κ2) is 5.41. The largest absolute Gasteiger partial charge is 0.313 e. The summed E-state index contributed by atoms with van der Waals surface area (Å²) in [6.07, 6.45) is 0. The van der Waals surface area contributed by atoms with Crippen LogP contribution in [0.1, 0.15) is 11.5 Å². The van der Waals surface area contributed by atoms with Gasteiger partial charge < -0.3 is 5.32 Å². The summed E-state index contributed by atoms with van der Waals surface area (Å²) in [6, 6.07) is 3.89. The molecule has 1 N–H and O–H groups in total. The lowest BCUT2D eigenvalue weighted by molar-refractivity contribution is 0.185. The van der Waals surface area contributed by atoms with Gasteiger partial charge in [-0.2, -0.15) is 5.26 Å². The number of aryl methyl sites for hydroxylation is 1. The van der Waals surface area contributed by atoms with Gasteiger partial charge in [-0.1, -0.05) is 11.6 Å². The van der Waals surface area contributed by atoms with Gasteiger partial charge >= 0.3 is 0 Å². The summed E-state index contributed by atoms with van der Waals surface area (Å²) in [5, 5.41) is 12.7. The van der Waals surface area contributed by atoms with Gasteiger partial charge in [0, 0.05) is 25.3 Å². The van der Waals surface area contributed by atoms with Crippen molar-refractivity contribution in [2.24, 2.45) is 0 Å². The molecule has 1 aromatic rings. The van der Waals surface area contributed by atoms with Crippen molar-refractivity contribution in [3.8, 4) is 6.07 Å². The van der Waals surface area contributed by atoms with Crippen LogP contribution < -0.4 is 5.32 Å². The van der Waals surface area contributed by atoms with Crippen LogP contribution in [0, 0.1) is 18.3 Å². The average molecular weight is 252 g/mol. The van der Waals surface area contributed by atoms with Crippen LogP contribution in [0.2, 0.25) is 5.15 Å². The SMILES string of the molecule is Cc1cc(Cl)nc(CN2CCNCC2C#N)n1. The van der Waals surface area contributed by atoms with E-state index >= 15 is 0 Å². The topological polar surface area (TPSA) is 64.8 Å². The Morgan fingerprint density at radius 1 is 1.65 bits per heavy atom. The van der Waals surface area contributed by atoms with Gasteiger partial charge in [0.25, 0.3) is 0 Å². The Bertz CT molecular complexity index is 422. The maximum atomic E-state index is 9.05. The number of nitriles is 1. The third kappa shape index (κ3) is 3.13. The van der Waals surface area contributed by atoms with Crippen molar-refractivity contribution < 1.29 is 0 Å². The number of rotatable bonds is 2. The van der Waals surface area contributed by atoms with E-state index in [-0.39, 0.29) is 6.04 Å². The maximum Gasteiger partial charge on any atom is 0.144 e. The van der Waals surface area contributed by atoms with E-state index in [1.807, 2.05) is 6.92 Å². The lowest BCUT2D eigenvalue weighted by Gasteiger charge is -2.31. The van der Waals surface area contributed by atoms with E-state index in [2.05, 4.69) is 26.3 Å². The standard InChI is InChI=1S/C11H14ClN5/c1-8-4-10(12)16-11(15-8)7-17-3-2-14-6-9(17)5-13/h4,9,14H,2-3,6-7H2,1H3. The van der Waals surface area contributed by atoms with Gasteiger partial charge in [0.2, 0.25) is 0 Å². The van der Waals surface area contributed by atoms with Crippen molar-refractivity contribution in [2.75, 3.05) is 19.6 Å². The molecule has 6 heteroatoms. The van der Waals surface area contributed by atoms with Crippen LogP contribution in [0.25, 0.3) is 0 Å². The number of nitrogens with zero attached hydrogens (tertiary/aromatic N) is 4. The zero-order valence-electron chi connectivity index (χ0n) is 9.65. The molecule has 1 fully saturated rings. The Morgan fingerprint density at radius 3 is 3.18 bits per heavy atom. The molecule has 0 aromatic carbocycles. The Morgan fingerprint density at radius 2 is 2.47 bits per heavy atom. The summed E-state index contributed by atoms with van der Waals surface area (Å²) >= 11 is 5.89. The van der Waals surface area contributed by atoms with Crippen LogP contribution in [-0.2, 0) is 6.54 Å². The molecule has 2 rings (SSSR count). The maximum absolute atomic E-state index is 9.05. The van der Waals surface area contributed by atoms with E-state index in [1.165, 1.54) is 0 Å². The van der Waals surface area contributed by atoms with Crippen LogP contribution in [0.5, 0.6) is 0 Å². The van der Waals surface area contributed by atoms with Crippen molar-refractivity contribution in [3.63, 3.8) is 0 Å². The highest BCUT2D eigenvalue weighted by Gasteiger charge is 2.22. The van der Waals surface area contributed by atoms with Gasteiger partial charge in [-0.3, -0.25) is 4.90 Å². The first-order valence-electron chi connectivity index (χ1n) is 5.53. The van der Waals surface area contributed by atoms with E-state index in [9.17, 15) is 0 Å². The minimum Gasteiger partial charge on any atom is -0.313 e. The van der Waals surface area contributed by atoms with Crippen LogP contribution >= 0.6 is 11.6 Å². The molecule has 90 valence electrons. The van der Waals surface area contributed by atoms with E-state index in [1.54, 1.807) is 6.07 Å². The molecule has 0 saturated carbocycles. The molecule has 0 spiro atoms. The summed E-state index contributed by atoms with van der Waals surface area (Å²) in [7, 11) is 0. The zero-order chi connectivity index (χ0) is 12.3. The number of halogens is 1. The first kappa shape index (κ1) is 12.2. The smallest absolute Gasteiger partial charge is 0.144 e. The lowest BCUT2D eigenvalue weighted by atomic mass is 10.2. The molecule has 0 aliphatic carbocycles. The second-order valence-electron chi connectivity index (χ2n) is 4.07. The monoisotopic (exact) mass is 251 g/mol. The van der Waals surface area contributed by atoms with Gasteiger partial charge in [-0.15, -0.1) is 0 Å². The molecular formula is C11H14ClN5. The van der Waals surface area contributed by atoms with Crippen LogP contribution in [0.4, 0.5) is 0 Å². The van der Waals surface area contributed by atoms with Gasteiger partial charge in [0.05, 0.1) is 12.6 Å². The summed E-state index contributed by atoms with van der Waals surface area (Å²) < 4.78 is 0. The van der Waals surface area contributed by atoms with Crippen molar-refractivity contribution in [3.05, 3.63) is 22.7 Å². The van der Waals surface area contributed by atoms with E-state index in [0.717, 1.165) is 18.8 Å². The summed E-state index contributed by atoms with van der Waals surface area (Å²) in [6.45, 7) is 4.86. The molecule has 5 nitrogen and oxygen atoms in total. The first-order valence-corrected chi connectivity index (χ1v) is 5.91. The molecule has 0 radical (unpaired) electrons. The van der Waals surface area contributed by atoms with Gasteiger partial charge in [0.15, 0.2) is 0 Å². The predicted octanol–water partition coefficient (Wildman–Crippen LogP) is 0.736. The number of hydrogen-bond donors (Lipinski definition) is 1. The molecule has 2 heterocycles. The van der Waals surface area contributed by atoms with Crippen molar-refractivity contribution in [1.82, 2.24) is 20.2 Å². The highest BCUT2D eigenvalue weighted by atomic mass is 35.5. The highest BCUT2D eigenvalue weighted by molar-refractivity contribution is 6.29. The van der Waals surface area contributed by atoms with Crippen molar-refractivity contribution in [2.45, 2.75) is 19.5 Å². The molecule has 1 unspecified atom stereocenters. The Hall–Kier alpha value is -1.22. The molecule has 17 heavy (non-hydrogen) atoms. The summed E-state index contributed by atoms with van der Waals surface area (Å²) in [5.41, 5.74) is 0.851. The third-order valence-electron chi connectivity index (χ3n) is 2.72. The lowest BCUT2D eigenvalue weighted by Crippen LogP contribution is -2.50. The van der Waals surface area contributed by atoms with E-state index in [4.69, 9.17) is 16.9 Å². The second-order valence-corrected chi connectivity index (χ2v) is 4.46. The predicted molar refractivity (Wildman–Crippen MR) is 64.5 cm³/mol.